The molecule has 3 rings (SSSR count). The summed E-state index contributed by atoms with van der Waals surface area (Å²) in [6.45, 7) is 6.01. The predicted octanol–water partition coefficient (Wildman–Crippen LogP) is 3.14. The van der Waals surface area contributed by atoms with Crippen LogP contribution in [0.3, 0.4) is 0 Å². The molecule has 2 atom stereocenters. The van der Waals surface area contributed by atoms with E-state index in [0.29, 0.717) is 17.7 Å². The van der Waals surface area contributed by atoms with Crippen molar-refractivity contribution in [1.29, 1.82) is 0 Å². The highest BCUT2D eigenvalue weighted by molar-refractivity contribution is 5.18. The van der Waals surface area contributed by atoms with Gasteiger partial charge in [0.2, 0.25) is 11.8 Å². The van der Waals surface area contributed by atoms with E-state index in [4.69, 9.17) is 4.42 Å². The second-order valence-corrected chi connectivity index (χ2v) is 6.29. The third-order valence-corrected chi connectivity index (χ3v) is 4.85. The summed E-state index contributed by atoms with van der Waals surface area (Å²) < 4.78 is 5.68. The fourth-order valence-corrected chi connectivity index (χ4v) is 3.28. The van der Waals surface area contributed by atoms with Crippen molar-refractivity contribution in [2.45, 2.75) is 45.3 Å². The van der Waals surface area contributed by atoms with Crippen LogP contribution in [-0.2, 0) is 6.42 Å². The molecule has 1 aromatic carbocycles. The molecule has 0 bridgehead atoms. The third-order valence-electron chi connectivity index (χ3n) is 4.85. The molecule has 1 fully saturated rings. The number of benzene rings is 1. The van der Waals surface area contributed by atoms with Crippen LogP contribution in [0.1, 0.15) is 56.2 Å². The van der Waals surface area contributed by atoms with Gasteiger partial charge in [-0.05, 0) is 44.3 Å². The summed E-state index contributed by atoms with van der Waals surface area (Å²) in [4.78, 5) is 2.36. The molecule has 124 valence electrons. The highest BCUT2D eigenvalue weighted by Crippen LogP contribution is 2.33. The molecule has 2 heterocycles. The summed E-state index contributed by atoms with van der Waals surface area (Å²) >= 11 is 0. The maximum atomic E-state index is 10.6. The normalized spacial score (nSPS) is 19.6. The Kier molecular flexibility index (Phi) is 5.08. The summed E-state index contributed by atoms with van der Waals surface area (Å²) in [5.41, 5.74) is 1.02. The highest BCUT2D eigenvalue weighted by atomic mass is 16.4. The van der Waals surface area contributed by atoms with Crippen LogP contribution in [0.4, 0.5) is 0 Å². The van der Waals surface area contributed by atoms with Gasteiger partial charge < -0.3 is 9.52 Å². The quantitative estimate of drug-likeness (QED) is 0.918. The van der Waals surface area contributed by atoms with Crippen molar-refractivity contribution in [3.05, 3.63) is 47.7 Å². The molecule has 5 heteroatoms. The zero-order valence-electron chi connectivity index (χ0n) is 13.9. The first-order chi connectivity index (χ1) is 11.2. The van der Waals surface area contributed by atoms with Crippen LogP contribution in [0.15, 0.2) is 34.7 Å². The van der Waals surface area contributed by atoms with Crippen LogP contribution >= 0.6 is 0 Å². The van der Waals surface area contributed by atoms with Gasteiger partial charge in [0.25, 0.3) is 0 Å². The number of aliphatic hydroxyl groups excluding tert-OH is 1. The maximum Gasteiger partial charge on any atom is 0.233 e. The lowest BCUT2D eigenvalue weighted by atomic mass is 9.87. The molecular weight excluding hydrogens is 290 g/mol. The summed E-state index contributed by atoms with van der Waals surface area (Å²) in [5, 5.41) is 18.8. The molecular formula is C18H25N3O2. The van der Waals surface area contributed by atoms with E-state index in [-0.39, 0.29) is 12.1 Å². The molecule has 1 aromatic heterocycles. The Morgan fingerprint density at radius 3 is 2.52 bits per heavy atom. The van der Waals surface area contributed by atoms with Crippen LogP contribution in [0, 0.1) is 5.92 Å². The van der Waals surface area contributed by atoms with E-state index < -0.39 is 0 Å². The molecule has 0 spiro atoms. The van der Waals surface area contributed by atoms with Crippen LogP contribution < -0.4 is 0 Å². The van der Waals surface area contributed by atoms with Crippen molar-refractivity contribution in [3.63, 3.8) is 0 Å². The third kappa shape index (κ3) is 3.62. The maximum absolute atomic E-state index is 10.6. The number of likely N-dealkylation sites (tertiary alicyclic amines) is 1. The number of piperidine rings is 1. The number of aliphatic hydroxyl groups is 1. The fourth-order valence-electron chi connectivity index (χ4n) is 3.28. The lowest BCUT2D eigenvalue weighted by Gasteiger charge is -2.36. The van der Waals surface area contributed by atoms with E-state index in [2.05, 4.69) is 22.0 Å². The van der Waals surface area contributed by atoms with Gasteiger partial charge in [0, 0.05) is 6.42 Å². The Morgan fingerprint density at radius 1 is 1.22 bits per heavy atom. The average molecular weight is 315 g/mol. The highest BCUT2D eigenvalue weighted by Gasteiger charge is 2.30. The van der Waals surface area contributed by atoms with E-state index in [9.17, 15) is 5.11 Å². The van der Waals surface area contributed by atoms with Gasteiger partial charge in [-0.3, -0.25) is 4.90 Å². The first-order valence-corrected chi connectivity index (χ1v) is 8.48. The summed E-state index contributed by atoms with van der Waals surface area (Å²) in [7, 11) is 0. The van der Waals surface area contributed by atoms with Gasteiger partial charge in [0.1, 0.15) is 0 Å². The summed E-state index contributed by atoms with van der Waals surface area (Å²) in [6.07, 6.45) is 2.36. The Hall–Kier alpha value is -1.72. The van der Waals surface area contributed by atoms with Gasteiger partial charge in [-0.1, -0.05) is 37.3 Å². The molecule has 0 radical (unpaired) electrons. The number of hydrogen-bond acceptors (Lipinski definition) is 5. The largest absolute Gasteiger partial charge is 0.424 e. The number of rotatable bonds is 5. The average Bonchev–Trinajstić information content (AvgIpc) is 3.10. The molecule has 1 aliphatic rings. The minimum atomic E-state index is -0.372. The van der Waals surface area contributed by atoms with Crippen LogP contribution in [0.25, 0.3) is 0 Å². The molecule has 5 nitrogen and oxygen atoms in total. The molecule has 1 aliphatic heterocycles. The van der Waals surface area contributed by atoms with Crippen LogP contribution in [-0.4, -0.2) is 33.3 Å². The minimum absolute atomic E-state index is 0.137. The summed E-state index contributed by atoms with van der Waals surface area (Å²) in [6, 6.07) is 10.1. The first-order valence-electron chi connectivity index (χ1n) is 8.48. The molecule has 2 aromatic rings. The van der Waals surface area contributed by atoms with Gasteiger partial charge in [0.05, 0.1) is 12.1 Å². The Balaban J connectivity index is 1.57. The fraction of sp³-hybridized carbons (Fsp3) is 0.556. The number of aromatic nitrogens is 2. The standard InChI is InChI=1S/C18H25N3O2/c1-3-16-19-20-18(23-16)13(2)21-11-9-15(10-12-21)17(22)14-7-5-4-6-8-14/h4-8,13,15,17,22H,3,9-12H2,1-2H3. The van der Waals surface area contributed by atoms with Crippen LogP contribution in [0.2, 0.25) is 0 Å². The molecule has 0 amide bonds. The number of nitrogens with zero attached hydrogens (tertiary/aromatic N) is 3. The monoisotopic (exact) mass is 315 g/mol. The summed E-state index contributed by atoms with van der Waals surface area (Å²) in [5.74, 6) is 1.71. The van der Waals surface area contributed by atoms with Crippen molar-refractivity contribution in [2.75, 3.05) is 13.1 Å². The van der Waals surface area contributed by atoms with Gasteiger partial charge in [-0.25, -0.2) is 0 Å². The molecule has 0 saturated carbocycles. The van der Waals surface area contributed by atoms with Crippen molar-refractivity contribution < 1.29 is 9.52 Å². The lowest BCUT2D eigenvalue weighted by Crippen LogP contribution is -2.37. The van der Waals surface area contributed by atoms with Gasteiger partial charge in [-0.15, -0.1) is 10.2 Å². The number of hydrogen-bond donors (Lipinski definition) is 1. The lowest BCUT2D eigenvalue weighted by molar-refractivity contribution is 0.0429. The molecule has 23 heavy (non-hydrogen) atoms. The smallest absolute Gasteiger partial charge is 0.233 e. The van der Waals surface area contributed by atoms with Crippen molar-refractivity contribution in [1.82, 2.24) is 15.1 Å². The topological polar surface area (TPSA) is 62.4 Å². The van der Waals surface area contributed by atoms with E-state index in [1.807, 2.05) is 37.3 Å². The zero-order chi connectivity index (χ0) is 16.2. The van der Waals surface area contributed by atoms with Crippen molar-refractivity contribution in [2.24, 2.45) is 5.92 Å². The number of aryl methyl sites for hydroxylation is 1. The Morgan fingerprint density at radius 2 is 1.91 bits per heavy atom. The Labute approximate surface area is 137 Å². The molecule has 1 saturated heterocycles. The van der Waals surface area contributed by atoms with E-state index in [0.717, 1.165) is 37.9 Å². The predicted molar refractivity (Wildman–Crippen MR) is 87.8 cm³/mol. The SMILES string of the molecule is CCc1nnc(C(C)N2CCC(C(O)c3ccccc3)CC2)o1. The second-order valence-electron chi connectivity index (χ2n) is 6.29. The zero-order valence-corrected chi connectivity index (χ0v) is 13.9. The van der Waals surface area contributed by atoms with Crippen molar-refractivity contribution >= 4 is 0 Å². The van der Waals surface area contributed by atoms with E-state index in [1.165, 1.54) is 0 Å². The molecule has 0 aliphatic carbocycles. The van der Waals surface area contributed by atoms with E-state index in [1.54, 1.807) is 0 Å². The first kappa shape index (κ1) is 16.1. The Bertz CT molecular complexity index is 606. The van der Waals surface area contributed by atoms with E-state index >= 15 is 0 Å². The van der Waals surface area contributed by atoms with Gasteiger partial charge in [-0.2, -0.15) is 0 Å². The molecule has 1 N–H and O–H groups in total. The van der Waals surface area contributed by atoms with Gasteiger partial charge >= 0.3 is 0 Å². The minimum Gasteiger partial charge on any atom is -0.424 e. The second kappa shape index (κ2) is 7.23. The van der Waals surface area contributed by atoms with Gasteiger partial charge in [0.15, 0.2) is 0 Å². The molecule has 2 unspecified atom stereocenters. The van der Waals surface area contributed by atoms with Crippen molar-refractivity contribution in [3.8, 4) is 0 Å². The van der Waals surface area contributed by atoms with Crippen LogP contribution in [0.5, 0.6) is 0 Å².